The Bertz CT molecular complexity index is 559. The average Bonchev–Trinajstić information content (AvgIpc) is 2.73. The van der Waals surface area contributed by atoms with Crippen LogP contribution in [0.5, 0.6) is 5.75 Å². The second-order valence-corrected chi connectivity index (χ2v) is 9.05. The van der Waals surface area contributed by atoms with Gasteiger partial charge in [-0.25, -0.2) is 0 Å². The quantitative estimate of drug-likeness (QED) is 0.135. The first-order valence-corrected chi connectivity index (χ1v) is 13.2. The third-order valence-electron chi connectivity index (χ3n) is 5.90. The fourth-order valence-corrected chi connectivity index (χ4v) is 4.67. The smallest absolute Gasteiger partial charge is 0.307 e. The molecule has 172 valence electrons. The van der Waals surface area contributed by atoms with Crippen LogP contribution in [0.3, 0.4) is 0 Å². The normalized spacial score (nSPS) is 11.0. The Balaban J connectivity index is 1.98. The molecule has 0 heterocycles. The van der Waals surface area contributed by atoms with Gasteiger partial charge in [-0.3, -0.25) is 4.79 Å². The van der Waals surface area contributed by atoms with Crippen molar-refractivity contribution in [1.29, 1.82) is 0 Å². The third kappa shape index (κ3) is 13.5. The summed E-state index contributed by atoms with van der Waals surface area (Å²) in [6.45, 7) is 2.28. The van der Waals surface area contributed by atoms with E-state index < -0.39 is 5.97 Å². The first-order valence-electron chi connectivity index (χ1n) is 12.3. The van der Waals surface area contributed by atoms with E-state index in [4.69, 9.17) is 8.17 Å². The Hall–Kier alpha value is -0.780. The van der Waals surface area contributed by atoms with Crippen molar-refractivity contribution in [2.24, 2.45) is 0 Å². The molecule has 0 unspecified atom stereocenters. The van der Waals surface area contributed by atoms with Gasteiger partial charge in [0.25, 0.3) is 0 Å². The largest absolute Gasteiger partial charge is 0.481 e. The molecule has 3 nitrogen and oxygen atoms in total. The number of carbonyl (C=O) groups is 1. The molecule has 4 heteroatoms. The fraction of sp³-hybridized carbons (Fsp3) is 0.731. The van der Waals surface area contributed by atoms with E-state index in [0.29, 0.717) is 0 Å². The first-order chi connectivity index (χ1) is 14.7. The highest BCUT2D eigenvalue weighted by atomic mass is 127. The molecule has 1 N–H and O–H groups in total. The average molecular weight is 531 g/mol. The highest BCUT2D eigenvalue weighted by Gasteiger charge is 2.12. The third-order valence-corrected chi connectivity index (χ3v) is 6.34. The Morgan fingerprint density at radius 1 is 0.767 bits per heavy atom. The van der Waals surface area contributed by atoms with Crippen molar-refractivity contribution in [2.45, 2.75) is 122 Å². The number of aryl methyl sites for hydroxylation is 1. The molecule has 0 saturated heterocycles. The maximum Gasteiger partial charge on any atom is 0.307 e. The molecule has 0 amide bonds. The van der Waals surface area contributed by atoms with Crippen molar-refractivity contribution in [2.75, 3.05) is 0 Å². The first kappa shape index (κ1) is 27.3. The summed E-state index contributed by atoms with van der Waals surface area (Å²) >= 11 is 1.86. The van der Waals surface area contributed by atoms with Gasteiger partial charge in [0.15, 0.2) is 23.0 Å². The lowest BCUT2D eigenvalue weighted by Crippen LogP contribution is -2.03. The minimum atomic E-state index is -0.816. The minimum Gasteiger partial charge on any atom is -0.481 e. The number of carboxylic acid groups (broad SMARTS) is 1. The zero-order chi connectivity index (χ0) is 21.9. The van der Waals surface area contributed by atoms with Crippen LogP contribution in [-0.4, -0.2) is 11.1 Å². The molecule has 1 aromatic rings. The van der Waals surface area contributed by atoms with Gasteiger partial charge in [0.2, 0.25) is 0 Å². The van der Waals surface area contributed by atoms with Crippen LogP contribution >= 0.6 is 23.0 Å². The van der Waals surface area contributed by atoms with Crippen LogP contribution in [0.1, 0.15) is 121 Å². The maximum absolute atomic E-state index is 11.0. The number of aliphatic carboxylic acids is 1. The summed E-state index contributed by atoms with van der Waals surface area (Å²) in [5.41, 5.74) is 1.90. The monoisotopic (exact) mass is 530 g/mol. The van der Waals surface area contributed by atoms with Crippen LogP contribution in [0.4, 0.5) is 0 Å². The number of hydrogen-bond acceptors (Lipinski definition) is 2. The Labute approximate surface area is 199 Å². The van der Waals surface area contributed by atoms with Gasteiger partial charge >= 0.3 is 5.97 Å². The van der Waals surface area contributed by atoms with E-state index in [9.17, 15) is 4.79 Å². The van der Waals surface area contributed by atoms with Gasteiger partial charge in [-0.2, -0.15) is 0 Å². The summed E-state index contributed by atoms with van der Waals surface area (Å²) in [7, 11) is 0. The lowest BCUT2D eigenvalue weighted by atomic mass is 10.00. The van der Waals surface area contributed by atoms with Crippen LogP contribution in [0.15, 0.2) is 18.2 Å². The second-order valence-electron chi connectivity index (χ2n) is 8.61. The Morgan fingerprint density at radius 2 is 1.20 bits per heavy atom. The van der Waals surface area contributed by atoms with Crippen molar-refractivity contribution >= 4 is 29.0 Å². The molecule has 0 aromatic heterocycles. The molecule has 0 aliphatic carbocycles. The van der Waals surface area contributed by atoms with Crippen molar-refractivity contribution in [3.8, 4) is 5.75 Å². The maximum atomic E-state index is 11.0. The van der Waals surface area contributed by atoms with Gasteiger partial charge in [0.1, 0.15) is 5.75 Å². The van der Waals surface area contributed by atoms with Gasteiger partial charge < -0.3 is 8.17 Å². The van der Waals surface area contributed by atoms with Gasteiger partial charge in [0, 0.05) is 5.56 Å². The molecular formula is C26H43IO3. The zero-order valence-corrected chi connectivity index (χ0v) is 21.3. The number of carboxylic acids is 1. The van der Waals surface area contributed by atoms with E-state index in [-0.39, 0.29) is 6.42 Å². The van der Waals surface area contributed by atoms with Gasteiger partial charge in [-0.1, -0.05) is 121 Å². The number of para-hydroxylation sites is 1. The molecule has 0 atom stereocenters. The summed E-state index contributed by atoms with van der Waals surface area (Å²) in [6.07, 6.45) is 22.9. The summed E-state index contributed by atoms with van der Waals surface area (Å²) < 4.78 is 5.46. The standard InChI is InChI=1S/C26H43IO3/c1-2-3-4-5-6-7-8-9-10-11-12-13-14-15-16-17-19-23-20-18-21-24(22-25(28)29)26(23)30-27/h18,20-21H,2-17,19,22H2,1H3,(H,28,29). The number of rotatable bonds is 20. The molecule has 0 aliphatic rings. The number of hydrogen-bond donors (Lipinski definition) is 1. The number of unbranched alkanes of at least 4 members (excludes halogenated alkanes) is 15. The van der Waals surface area contributed by atoms with Crippen molar-refractivity contribution in [1.82, 2.24) is 0 Å². The molecule has 0 radical (unpaired) electrons. The van der Waals surface area contributed by atoms with Gasteiger partial charge in [-0.05, 0) is 18.4 Å². The summed E-state index contributed by atoms with van der Waals surface area (Å²) in [5.74, 6) is -0.0641. The van der Waals surface area contributed by atoms with Gasteiger partial charge in [0.05, 0.1) is 6.42 Å². The molecule has 1 aromatic carbocycles. The summed E-state index contributed by atoms with van der Waals surface area (Å²) in [4.78, 5) is 11.0. The molecule has 1 rings (SSSR count). The highest BCUT2D eigenvalue weighted by molar-refractivity contribution is 14.1. The molecule has 0 saturated carbocycles. The van der Waals surface area contributed by atoms with Crippen molar-refractivity contribution in [3.63, 3.8) is 0 Å². The molecule has 0 bridgehead atoms. The lowest BCUT2D eigenvalue weighted by Gasteiger charge is -2.11. The fourth-order valence-electron chi connectivity index (χ4n) is 4.10. The predicted octanol–water partition coefficient (Wildman–Crippen LogP) is 8.85. The summed E-state index contributed by atoms with van der Waals surface area (Å²) in [5, 5.41) is 9.04. The van der Waals surface area contributed by atoms with E-state index in [1.54, 1.807) is 0 Å². The molecule has 0 spiro atoms. The van der Waals surface area contributed by atoms with E-state index in [1.807, 2.05) is 35.1 Å². The van der Waals surface area contributed by atoms with E-state index in [2.05, 4.69) is 13.0 Å². The molecule has 0 fully saturated rings. The van der Waals surface area contributed by atoms with E-state index in [1.165, 1.54) is 96.3 Å². The lowest BCUT2D eigenvalue weighted by molar-refractivity contribution is -0.136. The highest BCUT2D eigenvalue weighted by Crippen LogP contribution is 2.28. The van der Waals surface area contributed by atoms with Crippen molar-refractivity contribution in [3.05, 3.63) is 29.3 Å². The van der Waals surface area contributed by atoms with E-state index in [0.717, 1.165) is 29.7 Å². The molecule has 30 heavy (non-hydrogen) atoms. The second kappa shape index (κ2) is 18.9. The number of benzene rings is 1. The van der Waals surface area contributed by atoms with Gasteiger partial charge in [-0.15, -0.1) is 0 Å². The van der Waals surface area contributed by atoms with Crippen LogP contribution < -0.4 is 3.07 Å². The Kier molecular flexibility index (Phi) is 17.2. The van der Waals surface area contributed by atoms with Crippen LogP contribution in [0.25, 0.3) is 0 Å². The van der Waals surface area contributed by atoms with Crippen molar-refractivity contribution < 1.29 is 13.0 Å². The summed E-state index contributed by atoms with van der Waals surface area (Å²) in [6, 6.07) is 5.85. The number of halogens is 1. The van der Waals surface area contributed by atoms with Crippen LogP contribution in [0.2, 0.25) is 0 Å². The molecule has 0 aliphatic heterocycles. The minimum absolute atomic E-state index is 0.0190. The zero-order valence-electron chi connectivity index (χ0n) is 19.1. The Morgan fingerprint density at radius 3 is 1.63 bits per heavy atom. The van der Waals surface area contributed by atoms with Crippen LogP contribution in [0, 0.1) is 0 Å². The van der Waals surface area contributed by atoms with E-state index >= 15 is 0 Å². The SMILES string of the molecule is CCCCCCCCCCCCCCCCCCc1cccc(CC(=O)O)c1OI. The molecular weight excluding hydrogens is 487 g/mol. The predicted molar refractivity (Wildman–Crippen MR) is 136 cm³/mol. The topological polar surface area (TPSA) is 46.5 Å². The van der Waals surface area contributed by atoms with Crippen LogP contribution in [-0.2, 0) is 17.6 Å².